The number of carbonyl (C=O) groups excluding carboxylic acids is 2. The van der Waals surface area contributed by atoms with Gasteiger partial charge in [0.2, 0.25) is 5.91 Å². The van der Waals surface area contributed by atoms with E-state index in [-0.39, 0.29) is 17.9 Å². The SMILES string of the molecule is O=C(NCc1cscn1)N1CCCN(C(=O)C2CC2)CC1. The molecule has 1 aromatic rings. The lowest BCUT2D eigenvalue weighted by molar-refractivity contribution is -0.132. The minimum atomic E-state index is -0.0660. The normalized spacial score (nSPS) is 19.2. The fraction of sp³-hybridized carbons (Fsp3) is 0.643. The number of urea groups is 1. The summed E-state index contributed by atoms with van der Waals surface area (Å²) in [7, 11) is 0. The Morgan fingerprint density at radius 2 is 2.00 bits per heavy atom. The summed E-state index contributed by atoms with van der Waals surface area (Å²) < 4.78 is 0. The molecular formula is C14H20N4O2S. The van der Waals surface area contributed by atoms with Gasteiger partial charge in [0.25, 0.3) is 0 Å². The van der Waals surface area contributed by atoms with E-state index in [0.717, 1.165) is 31.5 Å². The van der Waals surface area contributed by atoms with E-state index in [0.29, 0.717) is 26.2 Å². The Morgan fingerprint density at radius 1 is 1.24 bits per heavy atom. The van der Waals surface area contributed by atoms with Crippen LogP contribution in [0.15, 0.2) is 10.9 Å². The van der Waals surface area contributed by atoms with Crippen molar-refractivity contribution in [2.45, 2.75) is 25.8 Å². The van der Waals surface area contributed by atoms with E-state index in [1.165, 1.54) is 11.3 Å². The van der Waals surface area contributed by atoms with Crippen molar-refractivity contribution in [3.8, 4) is 0 Å². The third-order valence-corrected chi connectivity index (χ3v) is 4.56. The van der Waals surface area contributed by atoms with Crippen molar-refractivity contribution >= 4 is 23.3 Å². The summed E-state index contributed by atoms with van der Waals surface area (Å²) in [6, 6.07) is -0.0660. The van der Waals surface area contributed by atoms with Crippen molar-refractivity contribution in [3.05, 3.63) is 16.6 Å². The molecule has 2 heterocycles. The average Bonchev–Trinajstić information content (AvgIpc) is 3.26. The topological polar surface area (TPSA) is 65.5 Å². The molecule has 1 saturated heterocycles. The number of aromatic nitrogens is 1. The zero-order valence-corrected chi connectivity index (χ0v) is 12.8. The fourth-order valence-corrected chi connectivity index (χ4v) is 3.09. The molecule has 0 bridgehead atoms. The lowest BCUT2D eigenvalue weighted by Gasteiger charge is -2.22. The highest BCUT2D eigenvalue weighted by Gasteiger charge is 2.34. The zero-order valence-electron chi connectivity index (χ0n) is 12.0. The zero-order chi connectivity index (χ0) is 14.7. The van der Waals surface area contributed by atoms with E-state index in [9.17, 15) is 9.59 Å². The number of amides is 3. The Labute approximate surface area is 128 Å². The van der Waals surface area contributed by atoms with E-state index in [1.807, 2.05) is 10.3 Å². The maximum absolute atomic E-state index is 12.2. The molecule has 0 spiro atoms. The lowest BCUT2D eigenvalue weighted by Crippen LogP contribution is -2.42. The van der Waals surface area contributed by atoms with Crippen LogP contribution >= 0.6 is 11.3 Å². The van der Waals surface area contributed by atoms with Gasteiger partial charge in [-0.25, -0.2) is 9.78 Å². The van der Waals surface area contributed by atoms with Crippen molar-refractivity contribution in [3.63, 3.8) is 0 Å². The molecule has 2 aliphatic rings. The molecule has 3 amide bonds. The van der Waals surface area contributed by atoms with Gasteiger partial charge in [0.15, 0.2) is 0 Å². The molecule has 1 aromatic heterocycles. The highest BCUT2D eigenvalue weighted by atomic mass is 32.1. The van der Waals surface area contributed by atoms with Gasteiger partial charge in [-0.2, -0.15) is 0 Å². The van der Waals surface area contributed by atoms with Crippen LogP contribution in [-0.4, -0.2) is 52.9 Å². The van der Waals surface area contributed by atoms with Crippen molar-refractivity contribution in [1.29, 1.82) is 0 Å². The largest absolute Gasteiger partial charge is 0.341 e. The number of nitrogens with zero attached hydrogens (tertiary/aromatic N) is 3. The van der Waals surface area contributed by atoms with Crippen LogP contribution in [0.2, 0.25) is 0 Å². The number of nitrogens with one attached hydrogen (secondary N) is 1. The first kappa shape index (κ1) is 14.3. The standard InChI is InChI=1S/C14H20N4O2S/c19-13(11-2-3-11)17-4-1-5-18(7-6-17)14(20)15-8-12-9-21-10-16-12/h9-11H,1-8H2,(H,15,20). The summed E-state index contributed by atoms with van der Waals surface area (Å²) in [6.07, 6.45) is 2.92. The summed E-state index contributed by atoms with van der Waals surface area (Å²) >= 11 is 1.52. The molecule has 0 atom stereocenters. The van der Waals surface area contributed by atoms with Crippen LogP contribution in [0.4, 0.5) is 4.79 Å². The Hall–Kier alpha value is -1.63. The fourth-order valence-electron chi connectivity index (χ4n) is 2.53. The molecule has 0 radical (unpaired) electrons. The van der Waals surface area contributed by atoms with E-state index >= 15 is 0 Å². The summed E-state index contributed by atoms with van der Waals surface area (Å²) in [4.78, 5) is 32.1. The Bertz CT molecular complexity index is 501. The summed E-state index contributed by atoms with van der Waals surface area (Å²) in [6.45, 7) is 3.20. The lowest BCUT2D eigenvalue weighted by atomic mass is 10.3. The number of carbonyl (C=O) groups is 2. The van der Waals surface area contributed by atoms with Crippen LogP contribution in [0.3, 0.4) is 0 Å². The molecule has 7 heteroatoms. The van der Waals surface area contributed by atoms with Crippen LogP contribution in [0, 0.1) is 5.92 Å². The Morgan fingerprint density at radius 3 is 2.71 bits per heavy atom. The molecule has 6 nitrogen and oxygen atoms in total. The first-order chi connectivity index (χ1) is 10.2. The van der Waals surface area contributed by atoms with Crippen LogP contribution in [0.1, 0.15) is 25.0 Å². The van der Waals surface area contributed by atoms with Crippen LogP contribution < -0.4 is 5.32 Å². The van der Waals surface area contributed by atoms with Crippen LogP contribution in [0.5, 0.6) is 0 Å². The van der Waals surface area contributed by atoms with Crippen molar-refractivity contribution in [2.24, 2.45) is 5.92 Å². The molecule has 0 aromatic carbocycles. The van der Waals surface area contributed by atoms with Gasteiger partial charge in [-0.3, -0.25) is 4.79 Å². The van der Waals surface area contributed by atoms with Gasteiger partial charge < -0.3 is 15.1 Å². The Balaban J connectivity index is 1.47. The monoisotopic (exact) mass is 308 g/mol. The van der Waals surface area contributed by atoms with Gasteiger partial charge in [-0.05, 0) is 19.3 Å². The maximum Gasteiger partial charge on any atom is 0.317 e. The van der Waals surface area contributed by atoms with Gasteiger partial charge >= 0.3 is 6.03 Å². The van der Waals surface area contributed by atoms with Crippen LogP contribution in [-0.2, 0) is 11.3 Å². The van der Waals surface area contributed by atoms with E-state index < -0.39 is 0 Å². The van der Waals surface area contributed by atoms with E-state index in [2.05, 4.69) is 10.3 Å². The number of thiazole rings is 1. The van der Waals surface area contributed by atoms with Gasteiger partial charge in [-0.15, -0.1) is 11.3 Å². The predicted molar refractivity (Wildman–Crippen MR) is 79.8 cm³/mol. The molecule has 0 unspecified atom stereocenters. The highest BCUT2D eigenvalue weighted by molar-refractivity contribution is 7.07. The summed E-state index contributed by atoms with van der Waals surface area (Å²) in [5.74, 6) is 0.537. The van der Waals surface area contributed by atoms with Gasteiger partial charge in [0.1, 0.15) is 0 Å². The number of hydrogen-bond acceptors (Lipinski definition) is 4. The second kappa shape index (κ2) is 6.43. The van der Waals surface area contributed by atoms with Crippen molar-refractivity contribution in [1.82, 2.24) is 20.1 Å². The minimum absolute atomic E-state index is 0.0660. The minimum Gasteiger partial charge on any atom is -0.341 e. The Kier molecular flexibility index (Phi) is 4.38. The molecule has 21 heavy (non-hydrogen) atoms. The van der Waals surface area contributed by atoms with Gasteiger partial charge in [0, 0.05) is 37.5 Å². The predicted octanol–water partition coefficient (Wildman–Crippen LogP) is 1.30. The quantitative estimate of drug-likeness (QED) is 0.915. The van der Waals surface area contributed by atoms with E-state index in [4.69, 9.17) is 0 Å². The van der Waals surface area contributed by atoms with Crippen molar-refractivity contribution in [2.75, 3.05) is 26.2 Å². The van der Waals surface area contributed by atoms with Gasteiger partial charge in [0.05, 0.1) is 17.7 Å². The smallest absolute Gasteiger partial charge is 0.317 e. The maximum atomic E-state index is 12.2. The summed E-state index contributed by atoms with van der Waals surface area (Å²) in [5, 5.41) is 4.82. The molecule has 1 aliphatic heterocycles. The number of hydrogen-bond donors (Lipinski definition) is 1. The molecule has 2 fully saturated rings. The van der Waals surface area contributed by atoms with E-state index in [1.54, 1.807) is 10.4 Å². The third-order valence-electron chi connectivity index (χ3n) is 3.93. The van der Waals surface area contributed by atoms with Crippen molar-refractivity contribution < 1.29 is 9.59 Å². The molecule has 1 saturated carbocycles. The average molecular weight is 308 g/mol. The second-order valence-corrected chi connectivity index (χ2v) is 6.30. The molecular weight excluding hydrogens is 288 g/mol. The molecule has 3 rings (SSSR count). The first-order valence-corrected chi connectivity index (χ1v) is 8.37. The third kappa shape index (κ3) is 3.72. The molecule has 1 N–H and O–H groups in total. The van der Waals surface area contributed by atoms with Crippen LogP contribution in [0.25, 0.3) is 0 Å². The molecule has 114 valence electrons. The second-order valence-electron chi connectivity index (χ2n) is 5.58. The first-order valence-electron chi connectivity index (χ1n) is 7.42. The molecule has 1 aliphatic carbocycles. The number of rotatable bonds is 3. The highest BCUT2D eigenvalue weighted by Crippen LogP contribution is 2.31. The summed E-state index contributed by atoms with van der Waals surface area (Å²) in [5.41, 5.74) is 2.64. The van der Waals surface area contributed by atoms with Gasteiger partial charge in [-0.1, -0.05) is 0 Å².